The maximum Gasteiger partial charge on any atom is 0.231 e. The van der Waals surface area contributed by atoms with Crippen molar-refractivity contribution in [2.75, 3.05) is 13.1 Å². The molecule has 3 rings (SSSR count). The van der Waals surface area contributed by atoms with Crippen LogP contribution in [-0.4, -0.2) is 37.7 Å². The molecule has 2 aromatic heterocycles. The highest BCUT2D eigenvalue weighted by molar-refractivity contribution is 5.02. The summed E-state index contributed by atoms with van der Waals surface area (Å²) in [5.74, 6) is 2.56. The van der Waals surface area contributed by atoms with Crippen molar-refractivity contribution in [1.82, 2.24) is 24.6 Å². The molecular formula is C18H29N5O. The molecule has 1 aliphatic heterocycles. The van der Waals surface area contributed by atoms with Gasteiger partial charge in [0.15, 0.2) is 5.82 Å². The van der Waals surface area contributed by atoms with Crippen LogP contribution in [0.3, 0.4) is 0 Å². The second kappa shape index (κ2) is 7.47. The fourth-order valence-electron chi connectivity index (χ4n) is 3.43. The number of imidazole rings is 1. The number of piperidine rings is 1. The van der Waals surface area contributed by atoms with E-state index in [9.17, 15) is 0 Å². The van der Waals surface area contributed by atoms with Crippen molar-refractivity contribution < 1.29 is 4.52 Å². The lowest BCUT2D eigenvalue weighted by atomic mass is 9.98. The number of rotatable bonds is 6. The van der Waals surface area contributed by atoms with Gasteiger partial charge in [-0.2, -0.15) is 4.98 Å². The Morgan fingerprint density at radius 2 is 2.12 bits per heavy atom. The first-order valence-electron chi connectivity index (χ1n) is 9.08. The summed E-state index contributed by atoms with van der Waals surface area (Å²) in [6, 6.07) is 0.442. The van der Waals surface area contributed by atoms with Gasteiger partial charge in [-0.3, -0.25) is 4.90 Å². The van der Waals surface area contributed by atoms with Crippen LogP contribution in [-0.2, 0) is 13.0 Å². The highest BCUT2D eigenvalue weighted by Crippen LogP contribution is 2.27. The third-order valence-electron chi connectivity index (χ3n) is 4.62. The van der Waals surface area contributed by atoms with Crippen LogP contribution in [0, 0.1) is 5.92 Å². The van der Waals surface area contributed by atoms with Gasteiger partial charge in [0.2, 0.25) is 5.89 Å². The van der Waals surface area contributed by atoms with Crippen LogP contribution in [0.2, 0.25) is 0 Å². The Morgan fingerprint density at radius 1 is 1.29 bits per heavy atom. The van der Waals surface area contributed by atoms with Gasteiger partial charge in [0.1, 0.15) is 0 Å². The van der Waals surface area contributed by atoms with Crippen molar-refractivity contribution >= 4 is 0 Å². The zero-order valence-electron chi connectivity index (χ0n) is 15.3. The molecule has 0 bridgehead atoms. The quantitative estimate of drug-likeness (QED) is 0.811. The van der Waals surface area contributed by atoms with Crippen molar-refractivity contribution in [1.29, 1.82) is 0 Å². The molecule has 0 aromatic carbocycles. The van der Waals surface area contributed by atoms with Gasteiger partial charge >= 0.3 is 0 Å². The molecule has 1 fully saturated rings. The minimum Gasteiger partial charge on any atom is -0.339 e. The monoisotopic (exact) mass is 331 g/mol. The lowest BCUT2D eigenvalue weighted by Crippen LogP contribution is -2.34. The summed E-state index contributed by atoms with van der Waals surface area (Å²) in [5.41, 5.74) is 1.27. The van der Waals surface area contributed by atoms with E-state index in [1.807, 2.05) is 12.5 Å². The Bertz CT molecular complexity index is 645. The average Bonchev–Trinajstić information content (AvgIpc) is 3.16. The fourth-order valence-corrected chi connectivity index (χ4v) is 3.43. The van der Waals surface area contributed by atoms with Crippen molar-refractivity contribution in [3.8, 4) is 0 Å². The molecule has 6 heteroatoms. The predicted octanol–water partition coefficient (Wildman–Crippen LogP) is 3.43. The van der Waals surface area contributed by atoms with E-state index in [0.717, 1.165) is 44.2 Å². The summed E-state index contributed by atoms with van der Waals surface area (Å²) in [7, 11) is 0. The molecule has 2 aromatic rings. The zero-order valence-corrected chi connectivity index (χ0v) is 15.3. The van der Waals surface area contributed by atoms with E-state index in [0.29, 0.717) is 17.9 Å². The predicted molar refractivity (Wildman–Crippen MR) is 92.7 cm³/mol. The molecule has 132 valence electrons. The number of hydrogen-bond donors (Lipinski definition) is 0. The molecule has 0 spiro atoms. The van der Waals surface area contributed by atoms with Crippen molar-refractivity contribution in [3.05, 3.63) is 29.9 Å². The third-order valence-corrected chi connectivity index (χ3v) is 4.62. The normalized spacial score (nSPS) is 19.5. The topological polar surface area (TPSA) is 60.0 Å². The van der Waals surface area contributed by atoms with Gasteiger partial charge in [0.25, 0.3) is 0 Å². The van der Waals surface area contributed by atoms with Gasteiger partial charge in [-0.05, 0) is 39.2 Å². The van der Waals surface area contributed by atoms with E-state index >= 15 is 0 Å². The van der Waals surface area contributed by atoms with Gasteiger partial charge in [-0.1, -0.05) is 19.0 Å². The first-order valence-corrected chi connectivity index (χ1v) is 9.08. The Hall–Kier alpha value is -1.69. The zero-order chi connectivity index (χ0) is 17.1. The summed E-state index contributed by atoms with van der Waals surface area (Å²) in [5, 5.41) is 4.15. The highest BCUT2D eigenvalue weighted by Gasteiger charge is 2.26. The van der Waals surface area contributed by atoms with Crippen molar-refractivity contribution in [2.45, 2.75) is 65.5 Å². The van der Waals surface area contributed by atoms with Crippen LogP contribution in [0.15, 0.2) is 17.0 Å². The third kappa shape index (κ3) is 4.04. The summed E-state index contributed by atoms with van der Waals surface area (Å²) < 4.78 is 7.79. The van der Waals surface area contributed by atoms with Gasteiger partial charge in [-0.25, -0.2) is 4.98 Å². The molecular weight excluding hydrogens is 302 g/mol. The number of likely N-dealkylation sites (tertiary alicyclic amines) is 1. The smallest absolute Gasteiger partial charge is 0.231 e. The molecule has 24 heavy (non-hydrogen) atoms. The largest absolute Gasteiger partial charge is 0.339 e. The molecule has 3 heterocycles. The summed E-state index contributed by atoms with van der Waals surface area (Å²) in [6.45, 7) is 11.8. The minimum atomic E-state index is 0.350. The van der Waals surface area contributed by atoms with Crippen LogP contribution in [0.5, 0.6) is 0 Å². The number of aromatic nitrogens is 4. The average molecular weight is 331 g/mol. The first-order chi connectivity index (χ1) is 11.5. The van der Waals surface area contributed by atoms with Gasteiger partial charge in [-0.15, -0.1) is 0 Å². The van der Waals surface area contributed by atoms with E-state index in [1.54, 1.807) is 0 Å². The minimum absolute atomic E-state index is 0.350. The van der Waals surface area contributed by atoms with E-state index in [-0.39, 0.29) is 0 Å². The Labute approximate surface area is 144 Å². The van der Waals surface area contributed by atoms with E-state index in [2.05, 4.69) is 52.3 Å². The lowest BCUT2D eigenvalue weighted by Gasteiger charge is -2.31. The molecule has 0 N–H and O–H groups in total. The van der Waals surface area contributed by atoms with Crippen molar-refractivity contribution in [3.63, 3.8) is 0 Å². The van der Waals surface area contributed by atoms with Gasteiger partial charge < -0.3 is 9.09 Å². The summed E-state index contributed by atoms with van der Waals surface area (Å²) in [4.78, 5) is 11.4. The first kappa shape index (κ1) is 17.1. The van der Waals surface area contributed by atoms with Gasteiger partial charge in [0.05, 0.1) is 17.9 Å². The molecule has 1 aliphatic rings. The Kier molecular flexibility index (Phi) is 5.33. The second-order valence-electron chi connectivity index (χ2n) is 7.61. The second-order valence-corrected chi connectivity index (χ2v) is 7.61. The molecule has 0 amide bonds. The lowest BCUT2D eigenvalue weighted by molar-refractivity contribution is 0.176. The van der Waals surface area contributed by atoms with Crippen molar-refractivity contribution in [2.24, 2.45) is 5.92 Å². The molecule has 0 saturated carbocycles. The Morgan fingerprint density at radius 3 is 2.88 bits per heavy atom. The standard InChI is InChI=1S/C18H29N5O/c1-13(2)8-17-20-18(24-21-17)15-6-5-7-22(10-15)11-16-9-19-12-23(16)14(3)4/h9,12-15H,5-8,10-11H2,1-4H3. The van der Waals surface area contributed by atoms with E-state index in [4.69, 9.17) is 4.52 Å². The van der Waals surface area contributed by atoms with Crippen LogP contribution in [0.1, 0.15) is 69.9 Å². The Balaban J connectivity index is 1.64. The SMILES string of the molecule is CC(C)Cc1noc(C2CCCN(Cc3cncn3C(C)C)C2)n1. The molecule has 0 radical (unpaired) electrons. The van der Waals surface area contributed by atoms with E-state index in [1.165, 1.54) is 12.1 Å². The van der Waals surface area contributed by atoms with Crippen LogP contribution in [0.25, 0.3) is 0 Å². The van der Waals surface area contributed by atoms with Crippen LogP contribution in [0.4, 0.5) is 0 Å². The summed E-state index contributed by atoms with van der Waals surface area (Å²) >= 11 is 0. The number of nitrogens with zero attached hydrogens (tertiary/aromatic N) is 5. The van der Waals surface area contributed by atoms with E-state index < -0.39 is 0 Å². The highest BCUT2D eigenvalue weighted by atomic mass is 16.5. The molecule has 1 unspecified atom stereocenters. The summed E-state index contributed by atoms with van der Waals surface area (Å²) in [6.07, 6.45) is 7.09. The molecule has 1 saturated heterocycles. The van der Waals surface area contributed by atoms with Crippen LogP contribution >= 0.6 is 0 Å². The maximum absolute atomic E-state index is 5.55. The molecule has 6 nitrogen and oxygen atoms in total. The molecule has 1 atom stereocenters. The fraction of sp³-hybridized carbons (Fsp3) is 0.722. The van der Waals surface area contributed by atoms with Crippen LogP contribution < -0.4 is 0 Å². The van der Waals surface area contributed by atoms with Gasteiger partial charge in [0, 0.05) is 31.7 Å². The molecule has 0 aliphatic carbocycles. The number of hydrogen-bond acceptors (Lipinski definition) is 5. The maximum atomic E-state index is 5.55.